The Labute approximate surface area is 125 Å². The Morgan fingerprint density at radius 3 is 2.71 bits per heavy atom. The minimum Gasteiger partial charge on any atom is -0.496 e. The lowest BCUT2D eigenvalue weighted by Gasteiger charge is -2.14. The maximum atomic E-state index is 12.0. The van der Waals surface area contributed by atoms with E-state index < -0.39 is 5.97 Å². The van der Waals surface area contributed by atoms with E-state index in [-0.39, 0.29) is 5.41 Å². The standard InChI is InChI=1S/C16H22N2O3/c1-16(2,11-17)8-4-5-9-21-15(19)13-7-6-12(18)10-14(13)20-3/h6-7,10H,4-5,8-9,18H2,1-3H3. The highest BCUT2D eigenvalue weighted by Gasteiger charge is 2.16. The zero-order valence-electron chi connectivity index (χ0n) is 12.8. The third-order valence-corrected chi connectivity index (χ3v) is 3.18. The van der Waals surface area contributed by atoms with E-state index in [0.29, 0.717) is 23.6 Å². The number of benzene rings is 1. The predicted octanol–water partition coefficient (Wildman–Crippen LogP) is 3.15. The molecular formula is C16H22N2O3. The summed E-state index contributed by atoms with van der Waals surface area (Å²) < 4.78 is 10.3. The molecule has 0 atom stereocenters. The lowest BCUT2D eigenvalue weighted by Crippen LogP contribution is -2.10. The van der Waals surface area contributed by atoms with E-state index in [2.05, 4.69) is 6.07 Å². The third-order valence-electron chi connectivity index (χ3n) is 3.18. The minimum atomic E-state index is -0.425. The first-order valence-electron chi connectivity index (χ1n) is 6.91. The molecule has 0 amide bonds. The van der Waals surface area contributed by atoms with Crippen molar-refractivity contribution in [3.8, 4) is 11.8 Å². The summed E-state index contributed by atoms with van der Waals surface area (Å²) in [5.74, 6) is -0.0167. The Hall–Kier alpha value is -2.22. The van der Waals surface area contributed by atoms with Crippen LogP contribution in [0.1, 0.15) is 43.5 Å². The molecule has 0 aromatic heterocycles. The van der Waals surface area contributed by atoms with E-state index in [1.54, 1.807) is 18.2 Å². The number of carbonyl (C=O) groups excluding carboxylic acids is 1. The number of nitriles is 1. The molecule has 0 heterocycles. The number of nitrogens with zero attached hydrogens (tertiary/aromatic N) is 1. The van der Waals surface area contributed by atoms with Crippen molar-refractivity contribution in [2.75, 3.05) is 19.5 Å². The number of hydrogen-bond acceptors (Lipinski definition) is 5. The predicted molar refractivity (Wildman–Crippen MR) is 80.9 cm³/mol. The summed E-state index contributed by atoms with van der Waals surface area (Å²) in [6.07, 6.45) is 2.35. The van der Waals surface area contributed by atoms with Crippen LogP contribution in [0.3, 0.4) is 0 Å². The van der Waals surface area contributed by atoms with Crippen LogP contribution >= 0.6 is 0 Å². The highest BCUT2D eigenvalue weighted by molar-refractivity contribution is 5.93. The van der Waals surface area contributed by atoms with Crippen LogP contribution in [0.25, 0.3) is 0 Å². The number of nitrogens with two attached hydrogens (primary N) is 1. The molecule has 0 saturated carbocycles. The number of hydrogen-bond donors (Lipinski definition) is 1. The van der Waals surface area contributed by atoms with Crippen molar-refractivity contribution < 1.29 is 14.3 Å². The zero-order valence-corrected chi connectivity index (χ0v) is 12.8. The molecule has 1 aromatic rings. The molecule has 0 radical (unpaired) electrons. The Kier molecular flexibility index (Phi) is 6.04. The van der Waals surface area contributed by atoms with Gasteiger partial charge in [-0.15, -0.1) is 0 Å². The fourth-order valence-electron chi connectivity index (χ4n) is 1.84. The summed E-state index contributed by atoms with van der Waals surface area (Å²) >= 11 is 0. The lowest BCUT2D eigenvalue weighted by molar-refractivity contribution is 0.0492. The van der Waals surface area contributed by atoms with Crippen LogP contribution in [0.4, 0.5) is 5.69 Å². The summed E-state index contributed by atoms with van der Waals surface area (Å²) in [6, 6.07) is 7.07. The molecule has 5 heteroatoms. The second kappa shape index (κ2) is 7.53. The van der Waals surface area contributed by atoms with E-state index in [1.807, 2.05) is 13.8 Å². The minimum absolute atomic E-state index is 0.327. The van der Waals surface area contributed by atoms with Crippen LogP contribution in [0, 0.1) is 16.7 Å². The van der Waals surface area contributed by atoms with Gasteiger partial charge in [0.05, 0.1) is 25.2 Å². The topological polar surface area (TPSA) is 85.3 Å². The van der Waals surface area contributed by atoms with Gasteiger partial charge in [-0.25, -0.2) is 4.79 Å². The fraction of sp³-hybridized carbons (Fsp3) is 0.500. The van der Waals surface area contributed by atoms with Gasteiger partial charge in [0.1, 0.15) is 11.3 Å². The molecule has 5 nitrogen and oxygen atoms in total. The highest BCUT2D eigenvalue weighted by Crippen LogP contribution is 2.23. The van der Waals surface area contributed by atoms with E-state index in [9.17, 15) is 4.79 Å². The molecule has 0 saturated heterocycles. The van der Waals surface area contributed by atoms with Gasteiger partial charge in [0, 0.05) is 11.8 Å². The molecule has 0 aliphatic rings. The average Bonchev–Trinajstić information content (AvgIpc) is 2.46. The monoisotopic (exact) mass is 290 g/mol. The van der Waals surface area contributed by atoms with Crippen LogP contribution in [0.2, 0.25) is 0 Å². The van der Waals surface area contributed by atoms with Gasteiger partial charge in [0.2, 0.25) is 0 Å². The Morgan fingerprint density at radius 2 is 2.10 bits per heavy atom. The second-order valence-corrected chi connectivity index (χ2v) is 5.55. The number of esters is 1. The van der Waals surface area contributed by atoms with Crippen LogP contribution in [0.15, 0.2) is 18.2 Å². The lowest BCUT2D eigenvalue weighted by atomic mass is 9.89. The van der Waals surface area contributed by atoms with E-state index >= 15 is 0 Å². The van der Waals surface area contributed by atoms with Gasteiger partial charge in [0.25, 0.3) is 0 Å². The molecule has 0 bridgehead atoms. The van der Waals surface area contributed by atoms with Gasteiger partial charge in [-0.2, -0.15) is 5.26 Å². The maximum Gasteiger partial charge on any atom is 0.341 e. The van der Waals surface area contributed by atoms with Crippen LogP contribution in [0.5, 0.6) is 5.75 Å². The van der Waals surface area contributed by atoms with Crippen LogP contribution in [-0.2, 0) is 4.74 Å². The number of carbonyl (C=O) groups is 1. The van der Waals surface area contributed by atoms with E-state index in [1.165, 1.54) is 7.11 Å². The zero-order chi connectivity index (χ0) is 15.9. The van der Waals surface area contributed by atoms with E-state index in [0.717, 1.165) is 19.3 Å². The summed E-state index contributed by atoms with van der Waals surface area (Å²) in [7, 11) is 1.48. The molecule has 21 heavy (non-hydrogen) atoms. The van der Waals surface area contributed by atoms with Crippen molar-refractivity contribution >= 4 is 11.7 Å². The average molecular weight is 290 g/mol. The smallest absolute Gasteiger partial charge is 0.341 e. The van der Waals surface area contributed by atoms with E-state index in [4.69, 9.17) is 20.5 Å². The van der Waals surface area contributed by atoms with Crippen LogP contribution < -0.4 is 10.5 Å². The largest absolute Gasteiger partial charge is 0.496 e. The van der Waals surface area contributed by atoms with Crippen molar-refractivity contribution in [3.63, 3.8) is 0 Å². The molecule has 2 N–H and O–H groups in total. The summed E-state index contributed by atoms with van der Waals surface area (Å²) in [6.45, 7) is 4.13. The SMILES string of the molecule is COc1cc(N)ccc1C(=O)OCCCCC(C)(C)C#N. The number of ether oxygens (including phenoxy) is 2. The summed E-state index contributed by atoms with van der Waals surface area (Å²) in [5, 5.41) is 8.91. The highest BCUT2D eigenvalue weighted by atomic mass is 16.5. The Bertz CT molecular complexity index is 533. The molecular weight excluding hydrogens is 268 g/mol. The first-order valence-corrected chi connectivity index (χ1v) is 6.91. The van der Waals surface area contributed by atoms with Crippen molar-refractivity contribution in [2.24, 2.45) is 5.41 Å². The summed E-state index contributed by atoms with van der Waals surface area (Å²) in [4.78, 5) is 12.0. The second-order valence-electron chi connectivity index (χ2n) is 5.55. The quantitative estimate of drug-likeness (QED) is 0.473. The molecule has 0 aliphatic heterocycles. The molecule has 0 spiro atoms. The van der Waals surface area contributed by atoms with Crippen LogP contribution in [-0.4, -0.2) is 19.7 Å². The van der Waals surface area contributed by atoms with Gasteiger partial charge in [-0.05, 0) is 45.2 Å². The van der Waals surface area contributed by atoms with Gasteiger partial charge in [-0.1, -0.05) is 0 Å². The number of anilines is 1. The number of nitrogen functional groups attached to an aromatic ring is 1. The fourth-order valence-corrected chi connectivity index (χ4v) is 1.84. The molecule has 114 valence electrons. The Morgan fingerprint density at radius 1 is 1.38 bits per heavy atom. The maximum absolute atomic E-state index is 12.0. The first kappa shape index (κ1) is 16.8. The Balaban J connectivity index is 2.43. The molecule has 0 aliphatic carbocycles. The first-order chi connectivity index (χ1) is 9.89. The van der Waals surface area contributed by atoms with Crippen molar-refractivity contribution in [1.82, 2.24) is 0 Å². The number of rotatable bonds is 7. The molecule has 1 aromatic carbocycles. The van der Waals surface area contributed by atoms with Gasteiger partial charge >= 0.3 is 5.97 Å². The number of methoxy groups -OCH3 is 1. The summed E-state index contributed by atoms with van der Waals surface area (Å²) in [5.41, 5.74) is 6.20. The molecule has 1 rings (SSSR count). The van der Waals surface area contributed by atoms with Crippen molar-refractivity contribution in [1.29, 1.82) is 5.26 Å². The van der Waals surface area contributed by atoms with Crippen molar-refractivity contribution in [3.05, 3.63) is 23.8 Å². The van der Waals surface area contributed by atoms with Gasteiger partial charge in [0.15, 0.2) is 0 Å². The molecule has 0 unspecified atom stereocenters. The third kappa shape index (κ3) is 5.35. The van der Waals surface area contributed by atoms with Crippen molar-refractivity contribution in [2.45, 2.75) is 33.1 Å². The normalized spacial score (nSPS) is 10.8. The number of unbranched alkanes of at least 4 members (excludes halogenated alkanes) is 1. The van der Waals surface area contributed by atoms with Gasteiger partial charge < -0.3 is 15.2 Å². The molecule has 0 fully saturated rings. The van der Waals surface area contributed by atoms with Gasteiger partial charge in [-0.3, -0.25) is 0 Å².